The second-order valence-electron chi connectivity index (χ2n) is 9.19. The van der Waals surface area contributed by atoms with E-state index in [0.29, 0.717) is 12.8 Å². The van der Waals surface area contributed by atoms with Gasteiger partial charge in [-0.05, 0) is 69.1 Å². The number of ether oxygens (including phenoxy) is 1. The molecule has 7 atom stereocenters. The van der Waals surface area contributed by atoms with Crippen LogP contribution in [0.1, 0.15) is 81.2 Å². The summed E-state index contributed by atoms with van der Waals surface area (Å²) in [5, 5.41) is 30.9. The zero-order chi connectivity index (χ0) is 28.3. The van der Waals surface area contributed by atoms with Crippen LogP contribution in [0.15, 0.2) is 23.8 Å². The molecule has 176 valence electrons. The number of hydrogen-bond acceptors (Lipinski definition) is 6. The Morgan fingerprint density at radius 3 is 2.59 bits per heavy atom. The molecule has 0 aromatic rings. The third-order valence-electron chi connectivity index (χ3n) is 6.51. The number of carbonyl (C=O) groups is 2. The van der Waals surface area contributed by atoms with Gasteiger partial charge in [-0.1, -0.05) is 39.0 Å². The van der Waals surface area contributed by atoms with Crippen LogP contribution >= 0.6 is 0 Å². The van der Waals surface area contributed by atoms with Crippen molar-refractivity contribution >= 4 is 11.9 Å². The molecule has 7 heteroatoms. The second-order valence-corrected chi connectivity index (χ2v) is 9.19. The van der Waals surface area contributed by atoms with Crippen LogP contribution in [0.25, 0.3) is 0 Å². The molecule has 2 aliphatic rings. The number of carbonyl (C=O) groups excluding carboxylic acids is 2. The number of aliphatic hydroxyl groups is 2. The Labute approximate surface area is 223 Å². The first kappa shape index (κ1) is 20.7. The van der Waals surface area contributed by atoms with Gasteiger partial charge in [0.15, 0.2) is 0 Å². The molecule has 0 aromatic heterocycles. The summed E-state index contributed by atoms with van der Waals surface area (Å²) in [6, 6.07) is 0. The minimum Gasteiger partial charge on any atom is -0.550 e. The van der Waals surface area contributed by atoms with Gasteiger partial charge >= 0.3 is 35.5 Å². The zero-order valence-corrected chi connectivity index (χ0v) is 21.5. The maximum absolute atomic E-state index is 13.4. The molecule has 6 nitrogen and oxygen atoms in total. The average molecular weight is 465 g/mol. The van der Waals surface area contributed by atoms with Gasteiger partial charge in [0, 0.05) is 26.5 Å². The molecular weight excluding hydrogens is 419 g/mol. The van der Waals surface area contributed by atoms with Crippen molar-refractivity contribution in [2.75, 3.05) is 0 Å². The first-order valence-electron chi connectivity index (χ1n) is 14.1. The van der Waals surface area contributed by atoms with Crippen LogP contribution in [0.3, 0.4) is 0 Å². The van der Waals surface area contributed by atoms with E-state index in [-0.39, 0.29) is 66.1 Å². The van der Waals surface area contributed by atoms with E-state index in [0.717, 1.165) is 5.57 Å². The molecule has 0 saturated heterocycles. The summed E-state index contributed by atoms with van der Waals surface area (Å²) in [6.07, 6.45) is 3.07. The van der Waals surface area contributed by atoms with Gasteiger partial charge in [-0.15, -0.1) is 0 Å². The van der Waals surface area contributed by atoms with Crippen molar-refractivity contribution < 1.29 is 67.4 Å². The number of rotatable bonds is 10. The number of esters is 1. The summed E-state index contributed by atoms with van der Waals surface area (Å²) in [7, 11) is 0. The molecule has 0 radical (unpaired) electrons. The molecule has 2 rings (SSSR count). The molecule has 2 N–H and O–H groups in total. The molecule has 2 aliphatic carbocycles. The molecule has 0 saturated carbocycles. The van der Waals surface area contributed by atoms with Crippen LogP contribution in [0.2, 0.25) is 0 Å². The van der Waals surface area contributed by atoms with E-state index < -0.39 is 62.2 Å². The van der Waals surface area contributed by atoms with Crippen LogP contribution in [0, 0.1) is 29.1 Å². The summed E-state index contributed by atoms with van der Waals surface area (Å²) < 4.78 is 53.3. The van der Waals surface area contributed by atoms with Gasteiger partial charge in [-0.25, -0.2) is 0 Å². The normalized spacial score (nSPS) is 32.8. The third-order valence-corrected chi connectivity index (χ3v) is 6.51. The predicted molar refractivity (Wildman–Crippen MR) is 117 cm³/mol. The number of aliphatic carboxylic acids is 1. The summed E-state index contributed by atoms with van der Waals surface area (Å²) in [5.74, 6) is -3.09. The number of hydrogen-bond donors (Lipinski definition) is 2. The van der Waals surface area contributed by atoms with E-state index in [1.54, 1.807) is 0 Å². The van der Waals surface area contributed by atoms with E-state index in [2.05, 4.69) is 6.08 Å². The fraction of sp³-hybridized carbons (Fsp3) is 0.760. The number of carboxylic acids is 1. The summed E-state index contributed by atoms with van der Waals surface area (Å²) in [5.41, 5.74) is -1.74. The number of aliphatic hydroxyl groups excluding tert-OH is 2. The fourth-order valence-electron chi connectivity index (χ4n) is 4.70. The van der Waals surface area contributed by atoms with Gasteiger partial charge in [0.2, 0.25) is 0 Å². The molecule has 0 bridgehead atoms. The van der Waals surface area contributed by atoms with Gasteiger partial charge in [0.1, 0.15) is 6.10 Å². The Kier molecular flexibility index (Phi) is 8.21. The first-order valence-corrected chi connectivity index (χ1v) is 11.1. The number of allylic oxidation sites excluding steroid dienone is 3. The number of carboxylic acid groups (broad SMARTS) is 1. The van der Waals surface area contributed by atoms with Crippen molar-refractivity contribution in [3.8, 4) is 0 Å². The van der Waals surface area contributed by atoms with Gasteiger partial charge in [-0.2, -0.15) is 0 Å². The smallest absolute Gasteiger partial charge is 0.550 e. The summed E-state index contributed by atoms with van der Waals surface area (Å²) >= 11 is 0. The molecule has 0 fully saturated rings. The second kappa shape index (κ2) is 12.7. The van der Waals surface area contributed by atoms with Gasteiger partial charge in [0.05, 0.1) is 17.6 Å². The third kappa shape index (κ3) is 7.98. The molecule has 0 spiro atoms. The predicted octanol–water partition coefficient (Wildman–Crippen LogP) is -0.225. The number of fused-ring (bicyclic) bond motifs is 1. The van der Waals surface area contributed by atoms with Gasteiger partial charge < -0.3 is 24.9 Å². The van der Waals surface area contributed by atoms with Crippen molar-refractivity contribution in [2.45, 2.75) is 91.3 Å². The van der Waals surface area contributed by atoms with Crippen LogP contribution in [-0.2, 0) is 14.3 Å². The Morgan fingerprint density at radius 2 is 2.00 bits per heavy atom. The van der Waals surface area contributed by atoms with Gasteiger partial charge in [0.25, 0.3) is 0 Å². The van der Waals surface area contributed by atoms with E-state index in [9.17, 15) is 24.9 Å². The molecule has 32 heavy (non-hydrogen) atoms. The Bertz CT molecular complexity index is 873. The molecule has 0 unspecified atom stereocenters. The summed E-state index contributed by atoms with van der Waals surface area (Å²) in [4.78, 5) is 24.1. The average Bonchev–Trinajstić information content (AvgIpc) is 2.71. The largest absolute Gasteiger partial charge is 1.00 e. The van der Waals surface area contributed by atoms with Crippen LogP contribution in [0.5, 0.6) is 0 Å². The maximum atomic E-state index is 13.4. The van der Waals surface area contributed by atoms with E-state index in [4.69, 9.17) is 13.0 Å². The maximum Gasteiger partial charge on any atom is 1.00 e. The molecule has 0 amide bonds. The monoisotopic (exact) mass is 464 g/mol. The quantitative estimate of drug-likeness (QED) is 0.342. The first-order chi connectivity index (χ1) is 16.9. The van der Waals surface area contributed by atoms with Crippen LogP contribution in [-0.4, -0.2) is 40.5 Å². The summed E-state index contributed by atoms with van der Waals surface area (Å²) in [6.45, 7) is -0.919. The van der Waals surface area contributed by atoms with Crippen molar-refractivity contribution in [3.63, 3.8) is 0 Å². The SMILES string of the molecule is [2H]C([2H])([2H])C(CC)(C(=O)O[C@H]1C[C@@H](C)C=C2C=C[C@H](C)[C@H](CC[C@H](O)C[C@H](O)CC(=O)[O-])[C@H]21)C([2H])([2H])[2H].[Na+]. The Balaban J connectivity index is 0.00000722. The Morgan fingerprint density at radius 1 is 1.31 bits per heavy atom. The van der Waals surface area contributed by atoms with Crippen LogP contribution < -0.4 is 34.7 Å². The van der Waals surface area contributed by atoms with E-state index in [1.165, 1.54) is 6.92 Å². The van der Waals surface area contributed by atoms with Crippen LogP contribution in [0.4, 0.5) is 0 Å². The van der Waals surface area contributed by atoms with Gasteiger partial charge in [-0.3, -0.25) is 4.79 Å². The minimum absolute atomic E-state index is 0. The van der Waals surface area contributed by atoms with Crippen molar-refractivity contribution in [1.29, 1.82) is 0 Å². The fourth-order valence-corrected chi connectivity index (χ4v) is 4.70. The zero-order valence-electron chi connectivity index (χ0n) is 25.5. The topological polar surface area (TPSA) is 107 Å². The van der Waals surface area contributed by atoms with Crippen molar-refractivity contribution in [3.05, 3.63) is 23.8 Å². The van der Waals surface area contributed by atoms with E-state index in [1.807, 2.05) is 26.0 Å². The molecule has 0 aromatic carbocycles. The minimum atomic E-state index is -3.10. The molecule has 0 heterocycles. The van der Waals surface area contributed by atoms with E-state index >= 15 is 0 Å². The standard InChI is InChI=1S/C25H40O6.Na/c1-6-25(4,5)24(30)31-21-12-15(2)11-17-8-7-16(3)20(23(17)21)10-9-18(26)13-19(27)14-22(28)29;/h7-8,11,15-16,18-21,23,26-27H,6,9-10,12-14H2,1-5H3,(H,28,29);/q;+1/p-1/t15-,16-,18-,19-,20-,21-,23-;/m0./s1/i4D3,5D3;. The van der Waals surface area contributed by atoms with Crippen molar-refractivity contribution in [1.82, 2.24) is 0 Å². The Hall–Kier alpha value is -0.660. The van der Waals surface area contributed by atoms with Crippen molar-refractivity contribution in [2.24, 2.45) is 29.1 Å². The molecule has 0 aliphatic heterocycles. The molecular formula is C25H39NaO6.